The number of anilines is 1. The third-order valence-electron chi connectivity index (χ3n) is 3.26. The second-order valence-corrected chi connectivity index (χ2v) is 4.74. The quantitative estimate of drug-likeness (QED) is 0.718. The smallest absolute Gasteiger partial charge is 0.204 e. The van der Waals surface area contributed by atoms with Crippen molar-refractivity contribution in [3.8, 4) is 0 Å². The van der Waals surface area contributed by atoms with E-state index in [1.165, 1.54) is 5.69 Å². The largest absolute Gasteiger partial charge is 0.378 e. The van der Waals surface area contributed by atoms with E-state index >= 15 is 0 Å². The monoisotopic (exact) mass is 252 g/mol. The molecule has 2 aliphatic rings. The molecule has 17 heavy (non-hydrogen) atoms. The van der Waals surface area contributed by atoms with Crippen LogP contribution in [0.2, 0.25) is 0 Å². The number of ether oxygens (including phenoxy) is 1. The fraction of sp³-hybridized carbons (Fsp3) is 0.636. The first-order valence-electron chi connectivity index (χ1n) is 6.00. The Balaban J connectivity index is 1.95. The van der Waals surface area contributed by atoms with Gasteiger partial charge in [-0.1, -0.05) is 12.2 Å². The number of hydrogen-bond acceptors (Lipinski definition) is 5. The van der Waals surface area contributed by atoms with Crippen LogP contribution in [0.25, 0.3) is 0 Å². The average Bonchev–Trinajstić information content (AvgIpc) is 2.40. The van der Waals surface area contributed by atoms with Gasteiger partial charge in [-0.2, -0.15) is 0 Å². The van der Waals surface area contributed by atoms with E-state index in [0.29, 0.717) is 0 Å². The Kier molecular flexibility index (Phi) is 3.09. The molecule has 0 amide bonds. The maximum Gasteiger partial charge on any atom is 0.204 e. The van der Waals surface area contributed by atoms with Gasteiger partial charge in [-0.3, -0.25) is 0 Å². The van der Waals surface area contributed by atoms with Crippen LogP contribution in [-0.4, -0.2) is 42.8 Å². The first kappa shape index (κ1) is 11.1. The van der Waals surface area contributed by atoms with Crippen LogP contribution in [0.1, 0.15) is 11.3 Å². The second-order valence-electron chi connectivity index (χ2n) is 4.35. The zero-order valence-electron chi connectivity index (χ0n) is 9.66. The zero-order valence-corrected chi connectivity index (χ0v) is 10.5. The summed E-state index contributed by atoms with van der Waals surface area (Å²) in [6, 6.07) is 0. The van der Waals surface area contributed by atoms with Gasteiger partial charge in [0.05, 0.1) is 13.2 Å². The number of nitrogens with one attached hydrogen (secondary N) is 2. The molecule has 0 bridgehead atoms. The summed E-state index contributed by atoms with van der Waals surface area (Å²) in [6.45, 7) is 5.14. The minimum atomic E-state index is 0.729. The van der Waals surface area contributed by atoms with Crippen molar-refractivity contribution in [1.29, 1.82) is 0 Å². The van der Waals surface area contributed by atoms with Crippen LogP contribution in [0.5, 0.6) is 0 Å². The number of nitrogens with zero attached hydrogens (tertiary/aromatic N) is 2. The van der Waals surface area contributed by atoms with Crippen molar-refractivity contribution in [2.45, 2.75) is 13.0 Å². The lowest BCUT2D eigenvalue weighted by Crippen LogP contribution is -2.38. The van der Waals surface area contributed by atoms with Crippen LogP contribution in [-0.2, 0) is 17.7 Å². The summed E-state index contributed by atoms with van der Waals surface area (Å²) >= 11 is 5.37. The fourth-order valence-corrected chi connectivity index (χ4v) is 2.56. The van der Waals surface area contributed by atoms with Crippen LogP contribution >= 0.6 is 12.2 Å². The topological polar surface area (TPSA) is 53.2 Å². The van der Waals surface area contributed by atoms with Crippen molar-refractivity contribution in [2.24, 2.45) is 0 Å². The van der Waals surface area contributed by atoms with Gasteiger partial charge in [0.1, 0.15) is 4.64 Å². The summed E-state index contributed by atoms with van der Waals surface area (Å²) in [5, 5.41) is 3.32. The highest BCUT2D eigenvalue weighted by molar-refractivity contribution is 7.71. The number of fused-ring (bicyclic) bond motifs is 1. The second kappa shape index (κ2) is 4.72. The van der Waals surface area contributed by atoms with Gasteiger partial charge in [-0.15, -0.1) is 0 Å². The molecule has 0 saturated carbocycles. The molecule has 0 unspecified atom stereocenters. The first-order valence-corrected chi connectivity index (χ1v) is 6.41. The lowest BCUT2D eigenvalue weighted by atomic mass is 10.1. The van der Waals surface area contributed by atoms with Gasteiger partial charge in [0.2, 0.25) is 5.95 Å². The molecule has 2 N–H and O–H groups in total. The molecule has 6 heteroatoms. The number of aromatic nitrogens is 2. The first-order chi connectivity index (χ1) is 8.34. The van der Waals surface area contributed by atoms with Gasteiger partial charge in [0.25, 0.3) is 0 Å². The van der Waals surface area contributed by atoms with E-state index in [-0.39, 0.29) is 0 Å². The molecule has 0 radical (unpaired) electrons. The average molecular weight is 252 g/mol. The predicted molar refractivity (Wildman–Crippen MR) is 67.9 cm³/mol. The molecule has 0 spiro atoms. The lowest BCUT2D eigenvalue weighted by Gasteiger charge is -2.28. The number of H-pyrrole nitrogens is 1. The molecule has 5 nitrogen and oxygen atoms in total. The molecular weight excluding hydrogens is 236 g/mol. The van der Waals surface area contributed by atoms with Crippen LogP contribution in [0.15, 0.2) is 0 Å². The van der Waals surface area contributed by atoms with Crippen LogP contribution < -0.4 is 10.2 Å². The van der Waals surface area contributed by atoms with Crippen molar-refractivity contribution in [2.75, 3.05) is 37.7 Å². The van der Waals surface area contributed by atoms with Gasteiger partial charge >= 0.3 is 0 Å². The molecule has 3 rings (SSSR count). The summed E-state index contributed by atoms with van der Waals surface area (Å²) in [7, 11) is 0. The van der Waals surface area contributed by atoms with Crippen LogP contribution in [0, 0.1) is 4.64 Å². The van der Waals surface area contributed by atoms with E-state index in [4.69, 9.17) is 17.0 Å². The lowest BCUT2D eigenvalue weighted by molar-refractivity contribution is 0.122. The maximum absolute atomic E-state index is 5.37. The van der Waals surface area contributed by atoms with Gasteiger partial charge < -0.3 is 19.9 Å². The van der Waals surface area contributed by atoms with Gasteiger partial charge in [0, 0.05) is 43.9 Å². The molecule has 1 saturated heterocycles. The molecule has 2 aliphatic heterocycles. The highest BCUT2D eigenvalue weighted by atomic mass is 32.1. The minimum Gasteiger partial charge on any atom is -0.378 e. The van der Waals surface area contributed by atoms with E-state index < -0.39 is 0 Å². The highest BCUT2D eigenvalue weighted by Crippen LogP contribution is 2.17. The van der Waals surface area contributed by atoms with Crippen molar-refractivity contribution in [3.63, 3.8) is 0 Å². The van der Waals surface area contributed by atoms with E-state index in [1.807, 2.05) is 0 Å². The fourth-order valence-electron chi connectivity index (χ4n) is 2.28. The van der Waals surface area contributed by atoms with Gasteiger partial charge in [-0.25, -0.2) is 4.98 Å². The van der Waals surface area contributed by atoms with Crippen LogP contribution in [0.4, 0.5) is 5.95 Å². The number of morpholine rings is 1. The Morgan fingerprint density at radius 2 is 2.12 bits per heavy atom. The summed E-state index contributed by atoms with van der Waals surface area (Å²) in [5.74, 6) is 0.902. The Morgan fingerprint density at radius 1 is 1.29 bits per heavy atom. The maximum atomic E-state index is 5.37. The van der Waals surface area contributed by atoms with Crippen molar-refractivity contribution < 1.29 is 4.74 Å². The van der Waals surface area contributed by atoms with Gasteiger partial charge in [0.15, 0.2) is 0 Å². The van der Waals surface area contributed by atoms with Crippen molar-refractivity contribution >= 4 is 18.2 Å². The molecular formula is C11H16N4OS. The normalized spacial score (nSPS) is 20.1. The molecule has 0 atom stereocenters. The zero-order chi connectivity index (χ0) is 11.7. The molecule has 1 aromatic rings. The molecule has 1 fully saturated rings. The summed E-state index contributed by atoms with van der Waals surface area (Å²) < 4.78 is 6.07. The third-order valence-corrected chi connectivity index (χ3v) is 3.59. The van der Waals surface area contributed by atoms with E-state index in [1.54, 1.807) is 0 Å². The summed E-state index contributed by atoms with van der Waals surface area (Å²) in [5.41, 5.74) is 2.40. The molecule has 92 valence electrons. The number of aromatic amines is 1. The van der Waals surface area contributed by atoms with E-state index in [2.05, 4.69) is 20.2 Å². The summed E-state index contributed by atoms with van der Waals surface area (Å²) in [4.78, 5) is 10.1. The Bertz CT molecular complexity index is 467. The minimum absolute atomic E-state index is 0.729. The Labute approximate surface area is 105 Å². The number of hydrogen-bond donors (Lipinski definition) is 2. The molecule has 0 aromatic carbocycles. The number of rotatable bonds is 1. The van der Waals surface area contributed by atoms with Crippen molar-refractivity contribution in [3.05, 3.63) is 15.9 Å². The van der Waals surface area contributed by atoms with Gasteiger partial charge in [-0.05, 0) is 0 Å². The standard InChI is InChI=1S/C11H16N4OS/c17-10-8-7-12-2-1-9(8)13-11(14-10)15-3-5-16-6-4-15/h12H,1-7H2,(H,13,14,17). The SMILES string of the molecule is S=c1nc(N2CCOCC2)[nH]c2c1CNCC2. The summed E-state index contributed by atoms with van der Waals surface area (Å²) in [6.07, 6.45) is 0.999. The molecule has 1 aromatic heterocycles. The van der Waals surface area contributed by atoms with Crippen LogP contribution in [0.3, 0.4) is 0 Å². The third kappa shape index (κ3) is 2.20. The Morgan fingerprint density at radius 3 is 2.94 bits per heavy atom. The molecule has 3 heterocycles. The van der Waals surface area contributed by atoms with E-state index in [9.17, 15) is 0 Å². The predicted octanol–water partition coefficient (Wildman–Crippen LogP) is 0.621. The van der Waals surface area contributed by atoms with Crippen molar-refractivity contribution in [1.82, 2.24) is 15.3 Å². The Hall–Kier alpha value is -0.980. The van der Waals surface area contributed by atoms with E-state index in [0.717, 1.165) is 62.0 Å². The highest BCUT2D eigenvalue weighted by Gasteiger charge is 2.17. The molecule has 0 aliphatic carbocycles.